The quantitative estimate of drug-likeness (QED) is 0.166. The third-order valence-corrected chi connectivity index (χ3v) is 8.12. The number of aromatic nitrogens is 1. The Balaban J connectivity index is 1.31. The van der Waals surface area contributed by atoms with Crippen molar-refractivity contribution in [3.63, 3.8) is 0 Å². The van der Waals surface area contributed by atoms with Crippen molar-refractivity contribution in [3.05, 3.63) is 84.1 Å². The number of ether oxygens (including phenoxy) is 1. The molecule has 0 spiro atoms. The minimum absolute atomic E-state index is 0.162. The van der Waals surface area contributed by atoms with Gasteiger partial charge in [0.2, 0.25) is 11.8 Å². The van der Waals surface area contributed by atoms with E-state index >= 15 is 0 Å². The number of alkyl carbamates (subject to hydrolysis) is 1. The Hall–Kier alpha value is -5.39. The number of carboxylic acids is 1. The Morgan fingerprint density at radius 1 is 1.00 bits per heavy atom. The van der Waals surface area contributed by atoms with E-state index in [0.717, 1.165) is 27.2 Å². The number of fused-ring (bicyclic) bond motifs is 2. The molecule has 12 nitrogen and oxygen atoms in total. The third-order valence-electron chi connectivity index (χ3n) is 8.12. The molecule has 1 aliphatic rings. The molecule has 0 saturated heterocycles. The second-order valence-electron chi connectivity index (χ2n) is 13.5. The van der Waals surface area contributed by atoms with Crippen LogP contribution in [-0.4, -0.2) is 75.1 Å². The fourth-order valence-corrected chi connectivity index (χ4v) is 5.68. The first kappa shape index (κ1) is 34.0. The summed E-state index contributed by atoms with van der Waals surface area (Å²) in [6.07, 6.45) is 2.37. The van der Waals surface area contributed by atoms with Crippen molar-refractivity contribution < 1.29 is 29.0 Å². The maximum atomic E-state index is 13.8. The Morgan fingerprint density at radius 3 is 2.40 bits per heavy atom. The largest absolute Gasteiger partial charge is 0.479 e. The Morgan fingerprint density at radius 2 is 1.71 bits per heavy atom. The number of para-hydroxylation sites is 1. The lowest BCUT2D eigenvalue weighted by molar-refractivity contribution is -0.142. The van der Waals surface area contributed by atoms with Crippen LogP contribution in [-0.2, 0) is 25.5 Å². The average Bonchev–Trinajstić information content (AvgIpc) is 3.43. The lowest BCUT2D eigenvalue weighted by Crippen LogP contribution is -2.60. The lowest BCUT2D eigenvalue weighted by atomic mass is 10.00. The highest BCUT2D eigenvalue weighted by Gasteiger charge is 2.36. The van der Waals surface area contributed by atoms with E-state index in [1.54, 1.807) is 37.9 Å². The number of rotatable bonds is 10. The number of H-pyrrole nitrogens is 1. The predicted molar refractivity (Wildman–Crippen MR) is 183 cm³/mol. The normalized spacial score (nSPS) is 16.3. The molecule has 0 fully saturated rings. The SMILES string of the molecule is CC(C)(C)OC(=O)NC(C)(C)C(=O)NC(Cc1c[nH]c2ccccc12)C(=O)NC1CCN(C(C(=O)O)c2ccc3ccccc3c2)C=N1. The zero-order valence-electron chi connectivity index (χ0n) is 27.7. The van der Waals surface area contributed by atoms with Crippen molar-refractivity contribution in [3.8, 4) is 0 Å². The van der Waals surface area contributed by atoms with Gasteiger partial charge in [0.25, 0.3) is 0 Å². The molecule has 12 heteroatoms. The van der Waals surface area contributed by atoms with Gasteiger partial charge < -0.3 is 35.7 Å². The standard InChI is InChI=1S/C36H42N6O6/c1-35(2,3)48-34(47)41-36(4,5)33(46)39-28(19-25-20-37-27-13-9-8-12-26(25)27)31(43)40-29-16-17-42(21-38-29)30(32(44)45)24-15-14-22-10-6-7-11-23(22)18-24/h6-15,18,20-21,28-30,37H,16-17,19H2,1-5H3,(H,39,46)(H,40,43)(H,41,47)(H,44,45). The van der Waals surface area contributed by atoms with Crippen molar-refractivity contribution >= 4 is 51.9 Å². The van der Waals surface area contributed by atoms with Gasteiger partial charge in [-0.25, -0.2) is 9.59 Å². The number of aliphatic carboxylic acids is 1. The van der Waals surface area contributed by atoms with Crippen molar-refractivity contribution in [2.75, 3.05) is 6.54 Å². The minimum Gasteiger partial charge on any atom is -0.479 e. The van der Waals surface area contributed by atoms with Crippen molar-refractivity contribution in [2.24, 2.45) is 4.99 Å². The molecular weight excluding hydrogens is 612 g/mol. The van der Waals surface area contributed by atoms with E-state index in [2.05, 4.69) is 25.9 Å². The average molecular weight is 655 g/mol. The Bertz CT molecular complexity index is 1860. The molecule has 252 valence electrons. The van der Waals surface area contributed by atoms with E-state index in [4.69, 9.17) is 4.74 Å². The first-order chi connectivity index (χ1) is 22.7. The number of carbonyl (C=O) groups excluding carboxylic acids is 3. The molecule has 2 heterocycles. The highest BCUT2D eigenvalue weighted by Crippen LogP contribution is 2.26. The second-order valence-corrected chi connectivity index (χ2v) is 13.5. The van der Waals surface area contributed by atoms with E-state index in [1.165, 1.54) is 20.2 Å². The van der Waals surface area contributed by atoms with E-state index in [9.17, 15) is 24.3 Å². The molecule has 5 N–H and O–H groups in total. The number of nitrogens with zero attached hydrogens (tertiary/aromatic N) is 2. The number of amides is 3. The van der Waals surface area contributed by atoms with Crippen LogP contribution >= 0.6 is 0 Å². The Labute approximate surface area is 278 Å². The monoisotopic (exact) mass is 654 g/mol. The first-order valence-electron chi connectivity index (χ1n) is 15.9. The van der Waals surface area contributed by atoms with Crippen LogP contribution in [0.25, 0.3) is 21.7 Å². The number of aliphatic imine (C=N–C) groups is 1. The summed E-state index contributed by atoms with van der Waals surface area (Å²) in [4.78, 5) is 61.5. The molecule has 48 heavy (non-hydrogen) atoms. The highest BCUT2D eigenvalue weighted by atomic mass is 16.6. The van der Waals surface area contributed by atoms with Crippen molar-refractivity contribution in [2.45, 2.75) is 76.8 Å². The Kier molecular flexibility index (Phi) is 9.74. The lowest BCUT2D eigenvalue weighted by Gasteiger charge is -2.33. The first-order valence-corrected chi connectivity index (χ1v) is 15.9. The molecule has 0 saturated carbocycles. The van der Waals surface area contributed by atoms with Gasteiger partial charge in [-0.15, -0.1) is 0 Å². The smallest absolute Gasteiger partial charge is 0.408 e. The summed E-state index contributed by atoms with van der Waals surface area (Å²) >= 11 is 0. The topological polar surface area (TPSA) is 165 Å². The number of hydrogen-bond donors (Lipinski definition) is 5. The van der Waals surface area contributed by atoms with Crippen LogP contribution < -0.4 is 16.0 Å². The molecule has 0 aliphatic carbocycles. The van der Waals surface area contributed by atoms with E-state index < -0.39 is 53.3 Å². The molecule has 5 rings (SSSR count). The number of nitrogens with one attached hydrogen (secondary N) is 4. The van der Waals surface area contributed by atoms with Gasteiger partial charge in [0.15, 0.2) is 6.04 Å². The van der Waals surface area contributed by atoms with Crippen LogP contribution in [0.4, 0.5) is 4.79 Å². The predicted octanol–water partition coefficient (Wildman–Crippen LogP) is 4.65. The number of carbonyl (C=O) groups is 4. The van der Waals surface area contributed by atoms with Gasteiger partial charge in [0, 0.05) is 36.5 Å². The maximum absolute atomic E-state index is 13.8. The fraction of sp³-hybridized carbons (Fsp3) is 0.361. The summed E-state index contributed by atoms with van der Waals surface area (Å²) in [6, 6.07) is 19.0. The zero-order chi connectivity index (χ0) is 34.6. The summed E-state index contributed by atoms with van der Waals surface area (Å²) in [5.41, 5.74) is 0.173. The molecule has 1 aliphatic heterocycles. The van der Waals surface area contributed by atoms with Crippen LogP contribution in [0.5, 0.6) is 0 Å². The summed E-state index contributed by atoms with van der Waals surface area (Å²) in [5.74, 6) is -2.06. The number of benzene rings is 3. The van der Waals surface area contributed by atoms with Crippen LogP contribution in [0.15, 0.2) is 77.9 Å². The summed E-state index contributed by atoms with van der Waals surface area (Å²) in [5, 5.41) is 21.3. The number of carboxylic acid groups (broad SMARTS) is 1. The van der Waals surface area contributed by atoms with E-state index in [0.29, 0.717) is 18.5 Å². The molecule has 1 aromatic heterocycles. The van der Waals surface area contributed by atoms with Crippen LogP contribution in [0.2, 0.25) is 0 Å². The van der Waals surface area contributed by atoms with Gasteiger partial charge in [0.05, 0.1) is 6.34 Å². The second kappa shape index (κ2) is 13.8. The maximum Gasteiger partial charge on any atom is 0.408 e. The van der Waals surface area contributed by atoms with Gasteiger partial charge in [-0.1, -0.05) is 54.6 Å². The van der Waals surface area contributed by atoms with Crippen molar-refractivity contribution in [1.82, 2.24) is 25.8 Å². The number of hydrogen-bond acceptors (Lipinski definition) is 7. The summed E-state index contributed by atoms with van der Waals surface area (Å²) in [7, 11) is 0. The van der Waals surface area contributed by atoms with Gasteiger partial charge in [-0.3, -0.25) is 14.6 Å². The summed E-state index contributed by atoms with van der Waals surface area (Å²) < 4.78 is 5.33. The summed E-state index contributed by atoms with van der Waals surface area (Å²) in [6.45, 7) is 8.55. The van der Waals surface area contributed by atoms with Crippen LogP contribution in [0.1, 0.15) is 58.2 Å². The molecule has 3 amide bonds. The molecular formula is C36H42N6O6. The highest BCUT2D eigenvalue weighted by molar-refractivity contribution is 5.94. The fourth-order valence-electron chi connectivity index (χ4n) is 5.68. The number of aromatic amines is 1. The zero-order valence-corrected chi connectivity index (χ0v) is 27.7. The van der Waals surface area contributed by atoms with Crippen LogP contribution in [0, 0.1) is 0 Å². The molecule has 4 aromatic rings. The van der Waals surface area contributed by atoms with E-state index in [1.807, 2.05) is 60.7 Å². The van der Waals surface area contributed by atoms with Gasteiger partial charge in [0.1, 0.15) is 23.3 Å². The molecule has 3 aromatic carbocycles. The van der Waals surface area contributed by atoms with Gasteiger partial charge in [-0.2, -0.15) is 0 Å². The van der Waals surface area contributed by atoms with Gasteiger partial charge >= 0.3 is 12.1 Å². The third kappa shape index (κ3) is 8.11. The van der Waals surface area contributed by atoms with Crippen LogP contribution in [0.3, 0.4) is 0 Å². The van der Waals surface area contributed by atoms with E-state index in [-0.39, 0.29) is 6.42 Å². The molecule has 3 unspecified atom stereocenters. The van der Waals surface area contributed by atoms with Gasteiger partial charge in [-0.05, 0) is 68.7 Å². The van der Waals surface area contributed by atoms with Crippen molar-refractivity contribution in [1.29, 1.82) is 0 Å². The minimum atomic E-state index is -1.40. The molecule has 0 bridgehead atoms. The molecule has 0 radical (unpaired) electrons. The molecule has 3 atom stereocenters.